The summed E-state index contributed by atoms with van der Waals surface area (Å²) in [5, 5.41) is 18.2. The van der Waals surface area contributed by atoms with Gasteiger partial charge in [0.2, 0.25) is 0 Å². The van der Waals surface area contributed by atoms with Gasteiger partial charge in [-0.15, -0.1) is 0 Å². The maximum Gasteiger partial charge on any atom is 0.323 e. The molecule has 0 saturated carbocycles. The molecule has 1 rings (SSSR count). The third kappa shape index (κ3) is 3.26. The molecule has 1 unspecified atom stereocenters. The van der Waals surface area contributed by atoms with Crippen LogP contribution in [0, 0.1) is 0 Å². The molecular weight excluding hydrogens is 246 g/mol. The van der Waals surface area contributed by atoms with Gasteiger partial charge in [-0.05, 0) is 17.7 Å². The molecule has 0 spiro atoms. The molecule has 0 saturated heterocycles. The van der Waals surface area contributed by atoms with Gasteiger partial charge in [0, 0.05) is 6.26 Å². The average molecular weight is 259 g/mol. The van der Waals surface area contributed by atoms with E-state index in [-0.39, 0.29) is 10.5 Å². The summed E-state index contributed by atoms with van der Waals surface area (Å²) in [5.74, 6) is -1.33. The topological polar surface area (TPSA) is 118 Å². The summed E-state index contributed by atoms with van der Waals surface area (Å²) in [6, 6.07) is 3.82. The van der Waals surface area contributed by atoms with Crippen molar-refractivity contribution < 1.29 is 23.4 Å². The van der Waals surface area contributed by atoms with E-state index in [2.05, 4.69) is 0 Å². The summed E-state index contributed by atoms with van der Waals surface area (Å²) in [5.41, 5.74) is 5.50. The highest BCUT2D eigenvalue weighted by molar-refractivity contribution is 7.90. The molecule has 0 heterocycles. The molecule has 17 heavy (non-hydrogen) atoms. The van der Waals surface area contributed by atoms with Crippen molar-refractivity contribution >= 4 is 15.8 Å². The van der Waals surface area contributed by atoms with Crippen molar-refractivity contribution in [2.24, 2.45) is 5.73 Å². The number of hydrogen-bond acceptors (Lipinski definition) is 5. The molecule has 1 aromatic rings. The maximum atomic E-state index is 11.2. The molecule has 94 valence electrons. The van der Waals surface area contributed by atoms with Crippen LogP contribution in [0.3, 0.4) is 0 Å². The number of benzene rings is 1. The monoisotopic (exact) mass is 259 g/mol. The quantitative estimate of drug-likeness (QED) is 0.673. The van der Waals surface area contributed by atoms with Crippen molar-refractivity contribution in [3.8, 4) is 0 Å². The predicted molar refractivity (Wildman–Crippen MR) is 60.1 cm³/mol. The first-order valence-corrected chi connectivity index (χ1v) is 6.59. The van der Waals surface area contributed by atoms with Crippen molar-refractivity contribution in [1.29, 1.82) is 0 Å². The first kappa shape index (κ1) is 13.6. The first-order chi connectivity index (χ1) is 7.73. The van der Waals surface area contributed by atoms with Gasteiger partial charge in [0.1, 0.15) is 12.1 Å². The number of hydrogen-bond donors (Lipinski definition) is 3. The SMILES string of the molecule is CS(=O)(=O)c1ccc(C(O)[C@@H](N)C(=O)O)cc1. The zero-order valence-electron chi connectivity index (χ0n) is 9.07. The first-order valence-electron chi connectivity index (χ1n) is 4.70. The van der Waals surface area contributed by atoms with Crippen LogP contribution in [0.5, 0.6) is 0 Å². The van der Waals surface area contributed by atoms with E-state index in [1.807, 2.05) is 0 Å². The summed E-state index contributed by atoms with van der Waals surface area (Å²) >= 11 is 0. The van der Waals surface area contributed by atoms with Crippen LogP contribution < -0.4 is 5.73 Å². The molecule has 0 aliphatic rings. The van der Waals surface area contributed by atoms with Crippen molar-refractivity contribution in [1.82, 2.24) is 0 Å². The number of carbonyl (C=O) groups is 1. The Balaban J connectivity index is 2.99. The average Bonchev–Trinajstić information content (AvgIpc) is 2.26. The molecule has 0 aliphatic carbocycles. The van der Waals surface area contributed by atoms with E-state index in [1.165, 1.54) is 24.3 Å². The van der Waals surface area contributed by atoms with Gasteiger partial charge in [-0.3, -0.25) is 4.79 Å². The minimum Gasteiger partial charge on any atom is -0.480 e. The molecule has 0 fully saturated rings. The Morgan fingerprint density at radius 2 is 1.76 bits per heavy atom. The van der Waals surface area contributed by atoms with Crippen molar-refractivity contribution in [2.75, 3.05) is 6.26 Å². The summed E-state index contributed by atoms with van der Waals surface area (Å²) < 4.78 is 22.3. The Bertz CT molecular complexity index is 508. The Labute approximate surface area is 98.6 Å². The number of aliphatic carboxylic acids is 1. The predicted octanol–water partition coefficient (Wildman–Crippen LogP) is -0.465. The van der Waals surface area contributed by atoms with Gasteiger partial charge in [0.25, 0.3) is 0 Å². The lowest BCUT2D eigenvalue weighted by Gasteiger charge is -2.15. The van der Waals surface area contributed by atoms with Crippen LogP contribution in [0.4, 0.5) is 0 Å². The number of sulfone groups is 1. The molecule has 2 atom stereocenters. The molecule has 0 amide bonds. The van der Waals surface area contributed by atoms with E-state index in [4.69, 9.17) is 10.8 Å². The number of carboxylic acids is 1. The molecule has 7 heteroatoms. The summed E-state index contributed by atoms with van der Waals surface area (Å²) in [6.45, 7) is 0. The smallest absolute Gasteiger partial charge is 0.323 e. The van der Waals surface area contributed by atoms with E-state index in [1.54, 1.807) is 0 Å². The highest BCUT2D eigenvalue weighted by Gasteiger charge is 2.23. The lowest BCUT2D eigenvalue weighted by Crippen LogP contribution is -2.36. The minimum absolute atomic E-state index is 0.0948. The molecule has 4 N–H and O–H groups in total. The second-order valence-electron chi connectivity index (χ2n) is 3.65. The fourth-order valence-corrected chi connectivity index (χ4v) is 1.89. The van der Waals surface area contributed by atoms with E-state index in [0.717, 1.165) is 6.26 Å². The third-order valence-electron chi connectivity index (χ3n) is 2.28. The van der Waals surface area contributed by atoms with Crippen LogP contribution in [0.1, 0.15) is 11.7 Å². The van der Waals surface area contributed by atoms with Crippen LogP contribution in [-0.2, 0) is 14.6 Å². The lowest BCUT2D eigenvalue weighted by molar-refractivity contribution is -0.141. The minimum atomic E-state index is -3.31. The highest BCUT2D eigenvalue weighted by atomic mass is 32.2. The Morgan fingerprint density at radius 1 is 1.29 bits per heavy atom. The second-order valence-corrected chi connectivity index (χ2v) is 5.67. The second kappa shape index (κ2) is 4.82. The van der Waals surface area contributed by atoms with Gasteiger partial charge in [-0.25, -0.2) is 8.42 Å². The van der Waals surface area contributed by atoms with Gasteiger partial charge in [-0.1, -0.05) is 12.1 Å². The number of nitrogens with two attached hydrogens (primary N) is 1. The molecule has 0 bridgehead atoms. The largest absolute Gasteiger partial charge is 0.480 e. The van der Waals surface area contributed by atoms with Gasteiger partial charge in [0.05, 0.1) is 4.90 Å². The van der Waals surface area contributed by atoms with E-state index >= 15 is 0 Å². The van der Waals surface area contributed by atoms with Crippen LogP contribution in [0.25, 0.3) is 0 Å². The number of carboxylic acid groups (broad SMARTS) is 1. The fraction of sp³-hybridized carbons (Fsp3) is 0.300. The number of aliphatic hydroxyl groups is 1. The zero-order valence-corrected chi connectivity index (χ0v) is 9.89. The zero-order chi connectivity index (χ0) is 13.2. The van der Waals surface area contributed by atoms with Crippen molar-refractivity contribution in [3.63, 3.8) is 0 Å². The van der Waals surface area contributed by atoms with Crippen LogP contribution in [0.2, 0.25) is 0 Å². The normalized spacial score (nSPS) is 15.2. The summed E-state index contributed by atoms with van der Waals surface area (Å²) in [7, 11) is -3.31. The molecule has 0 aromatic heterocycles. The molecular formula is C10H13NO5S. The van der Waals surface area contributed by atoms with E-state index in [9.17, 15) is 18.3 Å². The Kier molecular flexibility index (Phi) is 3.87. The van der Waals surface area contributed by atoms with Crippen molar-refractivity contribution in [3.05, 3.63) is 29.8 Å². The molecule has 6 nitrogen and oxygen atoms in total. The van der Waals surface area contributed by atoms with Crippen LogP contribution in [-0.4, -0.2) is 36.9 Å². The highest BCUT2D eigenvalue weighted by Crippen LogP contribution is 2.18. The summed E-state index contributed by atoms with van der Waals surface area (Å²) in [6.07, 6.45) is -0.317. The Morgan fingerprint density at radius 3 is 2.12 bits per heavy atom. The molecule has 1 aromatic carbocycles. The van der Waals surface area contributed by atoms with Gasteiger partial charge in [-0.2, -0.15) is 0 Å². The maximum absolute atomic E-state index is 11.2. The van der Waals surface area contributed by atoms with Gasteiger partial charge >= 0.3 is 5.97 Å². The van der Waals surface area contributed by atoms with E-state index in [0.29, 0.717) is 0 Å². The number of rotatable bonds is 4. The third-order valence-corrected chi connectivity index (χ3v) is 3.40. The number of aliphatic hydroxyl groups excluding tert-OH is 1. The molecule has 0 aliphatic heterocycles. The van der Waals surface area contributed by atoms with Crippen molar-refractivity contribution in [2.45, 2.75) is 17.0 Å². The van der Waals surface area contributed by atoms with Crippen LogP contribution in [0.15, 0.2) is 29.2 Å². The molecule has 0 radical (unpaired) electrons. The fourth-order valence-electron chi connectivity index (χ4n) is 1.25. The Hall–Kier alpha value is -1.44. The standard InChI is InChI=1S/C10H13NO5S/c1-17(15,16)7-4-2-6(3-5-7)9(12)8(11)10(13)14/h2-5,8-9,12H,11H2,1H3,(H,13,14)/t8-,9?/m1/s1. The summed E-state index contributed by atoms with van der Waals surface area (Å²) in [4.78, 5) is 10.7. The van der Waals surface area contributed by atoms with E-state index < -0.39 is 28.0 Å². The lowest BCUT2D eigenvalue weighted by atomic mass is 10.0. The van der Waals surface area contributed by atoms with Gasteiger partial charge in [0.15, 0.2) is 9.84 Å². The van der Waals surface area contributed by atoms with Crippen LogP contribution >= 0.6 is 0 Å². The van der Waals surface area contributed by atoms with Gasteiger partial charge < -0.3 is 15.9 Å².